The van der Waals surface area contributed by atoms with E-state index in [0.717, 1.165) is 56.6 Å². The first-order valence-corrected chi connectivity index (χ1v) is 27.9. The number of hydrogen-bond acceptors (Lipinski definition) is 9. The van der Waals surface area contributed by atoms with Crippen LogP contribution in [-0.2, 0) is 9.47 Å². The van der Waals surface area contributed by atoms with Crippen LogP contribution in [0.2, 0.25) is 0 Å². The summed E-state index contributed by atoms with van der Waals surface area (Å²) in [4.78, 5) is 14.1. The molecule has 0 unspecified atom stereocenters. The number of rotatable bonds is 0. The largest absolute Gasteiger partial charge is 0.381 e. The van der Waals surface area contributed by atoms with Gasteiger partial charge in [0, 0.05) is 25.6 Å². The lowest BCUT2D eigenvalue weighted by Gasteiger charge is -2.24. The molecule has 10 aliphatic rings. The second kappa shape index (κ2) is 43.9. The number of nitrogens with one attached hydrogen (secondary N) is 1. The molecule has 0 radical (unpaired) electrons. The Balaban J connectivity index is 0.000000357. The molecule has 0 spiro atoms. The third-order valence-corrected chi connectivity index (χ3v) is 14.2. The maximum Gasteiger partial charge on any atom is 0.0593 e. The van der Waals surface area contributed by atoms with E-state index < -0.39 is 0 Å². The third kappa shape index (κ3) is 41.8. The summed E-state index contributed by atoms with van der Waals surface area (Å²) in [5, 5.41) is 3.16. The average Bonchev–Trinajstić information content (AvgIpc) is 3.64. The molecule has 8 aliphatic heterocycles. The van der Waals surface area contributed by atoms with Crippen molar-refractivity contribution < 1.29 is 9.47 Å². The Hall–Kier alpha value is -0.360. The Morgan fingerprint density at radius 2 is 0.547 bits per heavy atom. The van der Waals surface area contributed by atoms with Gasteiger partial charge in [-0.1, -0.05) is 111 Å². The SMILES string of the molecule is CC1CCCCC1.CC1CCCCC1.CC1CNC1.CC1COC1.CN1CCC1.CN1CCCC1.CN1CCCCC1.CN1CCCCC1.CN1CCCCC1.CN1CCCOCC1. The fourth-order valence-corrected chi connectivity index (χ4v) is 8.78. The van der Waals surface area contributed by atoms with Gasteiger partial charge in [-0.05, 0) is 203 Å². The van der Waals surface area contributed by atoms with Gasteiger partial charge in [0.05, 0.1) is 19.8 Å². The molecule has 0 amide bonds. The number of hydrogen-bond donors (Lipinski definition) is 1. The summed E-state index contributed by atoms with van der Waals surface area (Å²) in [6.45, 7) is 30.9. The van der Waals surface area contributed by atoms with E-state index in [-0.39, 0.29) is 0 Å². The molecule has 1 N–H and O–H groups in total. The monoisotopic (exact) mass is 908 g/mol. The topological polar surface area (TPSA) is 49.9 Å². The van der Waals surface area contributed by atoms with E-state index in [2.05, 4.69) is 105 Å². The summed E-state index contributed by atoms with van der Waals surface area (Å²) in [6, 6.07) is 0. The normalized spacial score (nSPS) is 25.4. The van der Waals surface area contributed by atoms with Gasteiger partial charge in [-0.25, -0.2) is 0 Å². The minimum atomic E-state index is 0.843. The van der Waals surface area contributed by atoms with E-state index in [1.165, 1.54) is 233 Å². The Morgan fingerprint density at radius 1 is 0.281 bits per heavy atom. The number of likely N-dealkylation sites (tertiary alicyclic amines) is 5. The molecule has 0 aromatic carbocycles. The first kappa shape index (κ1) is 61.7. The van der Waals surface area contributed by atoms with Crippen LogP contribution < -0.4 is 5.32 Å². The zero-order valence-corrected chi connectivity index (χ0v) is 45.3. The van der Waals surface area contributed by atoms with Gasteiger partial charge < -0.3 is 44.2 Å². The highest BCUT2D eigenvalue weighted by atomic mass is 16.5. The van der Waals surface area contributed by atoms with Crippen molar-refractivity contribution in [3.05, 3.63) is 0 Å². The van der Waals surface area contributed by atoms with Crippen LogP contribution in [0, 0.1) is 23.7 Å². The van der Waals surface area contributed by atoms with Crippen LogP contribution in [0.25, 0.3) is 0 Å². The lowest BCUT2D eigenvalue weighted by Crippen LogP contribution is -2.39. The van der Waals surface area contributed by atoms with Crippen LogP contribution in [0.1, 0.15) is 175 Å². The van der Waals surface area contributed by atoms with Crippen molar-refractivity contribution in [1.82, 2.24) is 34.7 Å². The van der Waals surface area contributed by atoms with Crippen LogP contribution in [0.5, 0.6) is 0 Å². The lowest BCUT2D eigenvalue weighted by molar-refractivity contribution is -0.0221. The van der Waals surface area contributed by atoms with Crippen LogP contribution >= 0.6 is 0 Å². The van der Waals surface area contributed by atoms with Crippen LogP contribution in [-0.4, -0.2) is 190 Å². The summed E-state index contributed by atoms with van der Waals surface area (Å²) in [5.74, 6) is 3.87. The second-order valence-corrected chi connectivity index (χ2v) is 21.9. The van der Waals surface area contributed by atoms with Crippen molar-refractivity contribution in [2.45, 2.75) is 175 Å². The van der Waals surface area contributed by atoms with E-state index in [4.69, 9.17) is 9.47 Å². The molecule has 384 valence electrons. The van der Waals surface area contributed by atoms with Crippen molar-refractivity contribution in [3.63, 3.8) is 0 Å². The predicted octanol–water partition coefficient (Wildman–Crippen LogP) is 10.7. The Kier molecular flexibility index (Phi) is 42.3. The highest BCUT2D eigenvalue weighted by Gasteiger charge is 2.11. The van der Waals surface area contributed by atoms with Crippen molar-refractivity contribution in [2.24, 2.45) is 23.7 Å². The second-order valence-electron chi connectivity index (χ2n) is 21.9. The maximum atomic E-state index is 5.22. The van der Waals surface area contributed by atoms with Gasteiger partial charge in [0.15, 0.2) is 0 Å². The van der Waals surface area contributed by atoms with Gasteiger partial charge in [0.1, 0.15) is 0 Å². The van der Waals surface area contributed by atoms with Crippen molar-refractivity contribution in [2.75, 3.05) is 160 Å². The zero-order chi connectivity index (χ0) is 46.9. The Morgan fingerprint density at radius 3 is 0.719 bits per heavy atom. The smallest absolute Gasteiger partial charge is 0.0593 e. The zero-order valence-electron chi connectivity index (χ0n) is 45.3. The number of likely N-dealkylation sites (N-methyl/N-ethyl adjacent to an activating group) is 1. The van der Waals surface area contributed by atoms with E-state index in [1.807, 2.05) is 0 Å². The molecule has 10 rings (SSSR count). The lowest BCUT2D eigenvalue weighted by atomic mass is 9.91. The molecule has 9 nitrogen and oxygen atoms in total. The summed E-state index contributed by atoms with van der Waals surface area (Å²) in [7, 11) is 13.0. The fraction of sp³-hybridized carbons (Fsp3) is 1.00. The van der Waals surface area contributed by atoms with Crippen LogP contribution in [0.3, 0.4) is 0 Å². The van der Waals surface area contributed by atoms with Gasteiger partial charge in [-0.15, -0.1) is 0 Å². The molecule has 2 saturated carbocycles. The van der Waals surface area contributed by atoms with Gasteiger partial charge in [0.2, 0.25) is 0 Å². The highest BCUT2D eigenvalue weighted by molar-refractivity contribution is 4.68. The molecule has 0 aromatic heterocycles. The summed E-state index contributed by atoms with van der Waals surface area (Å²) in [6.07, 6.45) is 33.1. The summed E-state index contributed by atoms with van der Waals surface area (Å²) < 4.78 is 10.1. The Bertz CT molecular complexity index is 786. The third-order valence-electron chi connectivity index (χ3n) is 14.2. The first-order valence-electron chi connectivity index (χ1n) is 27.9. The number of nitrogens with zero attached hydrogens (tertiary/aromatic N) is 6. The predicted molar refractivity (Wildman–Crippen MR) is 282 cm³/mol. The van der Waals surface area contributed by atoms with Gasteiger partial charge in [0.25, 0.3) is 0 Å². The van der Waals surface area contributed by atoms with E-state index >= 15 is 0 Å². The minimum Gasteiger partial charge on any atom is -0.381 e. The number of ether oxygens (including phenoxy) is 2. The van der Waals surface area contributed by atoms with Crippen molar-refractivity contribution in [1.29, 1.82) is 0 Å². The number of piperidine rings is 3. The van der Waals surface area contributed by atoms with Gasteiger partial charge in [-0.2, -0.15) is 0 Å². The summed E-state index contributed by atoms with van der Waals surface area (Å²) in [5.41, 5.74) is 0. The van der Waals surface area contributed by atoms with E-state index in [0.29, 0.717) is 0 Å². The molecule has 2 aliphatic carbocycles. The minimum absolute atomic E-state index is 0.843. The molecule has 10 fully saturated rings. The van der Waals surface area contributed by atoms with Gasteiger partial charge >= 0.3 is 0 Å². The first-order chi connectivity index (χ1) is 30.9. The molecule has 8 saturated heterocycles. The average molecular weight is 909 g/mol. The molecule has 64 heavy (non-hydrogen) atoms. The van der Waals surface area contributed by atoms with Crippen LogP contribution in [0.4, 0.5) is 0 Å². The molecular weight excluding hydrogens is 791 g/mol. The summed E-state index contributed by atoms with van der Waals surface area (Å²) >= 11 is 0. The fourth-order valence-electron chi connectivity index (χ4n) is 8.78. The standard InChI is InChI=1S/2C7H14.C6H13NO.3C6H13N.C5H11N.2C4H9N.C4H8O/c2*1-7-5-3-2-4-6-7;1-7-3-2-5-8-6-4-7;3*1-7-5-3-2-4-6-7;1-6-4-2-3-5-6;1-4-2-5-3-4;1-5-3-2-4-5;1-4-2-5-3-4/h2*7H,2-6H2,1H3;2-6H2,1H3;3*2-6H2,1H3;2-5H2,1H3;4-5H,2-3H2,1H3;2-4H2,1H3;4H,2-3H2,1H3. The molecule has 0 bridgehead atoms. The Labute approximate surface area is 402 Å². The molecule has 9 heteroatoms. The molecular formula is C55H117N7O2. The van der Waals surface area contributed by atoms with Gasteiger partial charge in [-0.3, -0.25) is 0 Å². The maximum absolute atomic E-state index is 5.22. The molecule has 0 aromatic rings. The van der Waals surface area contributed by atoms with E-state index in [9.17, 15) is 0 Å². The highest BCUT2D eigenvalue weighted by Crippen LogP contribution is 2.23. The van der Waals surface area contributed by atoms with Crippen molar-refractivity contribution >= 4 is 0 Å². The van der Waals surface area contributed by atoms with Crippen molar-refractivity contribution in [3.8, 4) is 0 Å². The molecule has 8 heterocycles. The quantitative estimate of drug-likeness (QED) is 0.256. The van der Waals surface area contributed by atoms with E-state index in [1.54, 1.807) is 0 Å². The molecule has 0 atom stereocenters. The van der Waals surface area contributed by atoms with Crippen LogP contribution in [0.15, 0.2) is 0 Å².